The Balaban J connectivity index is 1.93. The van der Waals surface area contributed by atoms with Gasteiger partial charge in [-0.15, -0.1) is 0 Å². The lowest BCUT2D eigenvalue weighted by Crippen LogP contribution is -2.42. The summed E-state index contributed by atoms with van der Waals surface area (Å²) in [6.45, 7) is 3.29. The summed E-state index contributed by atoms with van der Waals surface area (Å²) in [6, 6.07) is 9.03. The Bertz CT molecular complexity index is 448. The zero-order valence-corrected chi connectivity index (χ0v) is 11.3. The smallest absolute Gasteiger partial charge is 0.257 e. The Kier molecular flexibility index (Phi) is 6.01. The molecule has 1 aliphatic heterocycles. The van der Waals surface area contributed by atoms with Crippen molar-refractivity contribution in [3.63, 3.8) is 0 Å². The summed E-state index contributed by atoms with van der Waals surface area (Å²) in [5.74, 6) is 0.265. The molecule has 1 heterocycles. The molecule has 0 fully saturated rings. The number of nitrogens with zero attached hydrogens (tertiary/aromatic N) is 1. The van der Waals surface area contributed by atoms with E-state index in [-0.39, 0.29) is 5.91 Å². The molecule has 6 heteroatoms. The van der Waals surface area contributed by atoms with Crippen LogP contribution < -0.4 is 10.6 Å². The quantitative estimate of drug-likeness (QED) is 0.780. The SMILES string of the molecule is O=C(NC1=NCCOCCOCCN1)c1ccccc1. The topological polar surface area (TPSA) is 72.0 Å². The fourth-order valence-corrected chi connectivity index (χ4v) is 1.69. The van der Waals surface area contributed by atoms with Gasteiger partial charge in [-0.2, -0.15) is 0 Å². The van der Waals surface area contributed by atoms with Crippen molar-refractivity contribution in [1.82, 2.24) is 10.6 Å². The Hall–Kier alpha value is -1.92. The lowest BCUT2D eigenvalue weighted by atomic mass is 10.2. The number of amides is 1. The molecule has 0 radical (unpaired) electrons. The molecule has 0 atom stereocenters. The zero-order valence-electron chi connectivity index (χ0n) is 11.3. The molecule has 0 aliphatic carbocycles. The lowest BCUT2D eigenvalue weighted by molar-refractivity contribution is 0.0539. The van der Waals surface area contributed by atoms with E-state index >= 15 is 0 Å². The molecule has 1 aromatic carbocycles. The average Bonchev–Trinajstić information content (AvgIpc) is 2.54. The summed E-state index contributed by atoms with van der Waals surface area (Å²) in [7, 11) is 0. The number of rotatable bonds is 1. The van der Waals surface area contributed by atoms with Crippen LogP contribution in [0.5, 0.6) is 0 Å². The predicted octanol–water partition coefficient (Wildman–Crippen LogP) is 0.409. The van der Waals surface area contributed by atoms with Gasteiger partial charge in [-0.05, 0) is 12.1 Å². The molecule has 6 nitrogen and oxygen atoms in total. The molecule has 0 saturated heterocycles. The molecule has 0 spiro atoms. The van der Waals surface area contributed by atoms with Crippen molar-refractivity contribution >= 4 is 11.9 Å². The molecule has 0 saturated carbocycles. The van der Waals surface area contributed by atoms with Gasteiger partial charge in [0.05, 0.1) is 33.0 Å². The molecule has 1 aliphatic rings. The van der Waals surface area contributed by atoms with E-state index in [0.29, 0.717) is 51.0 Å². The molecule has 0 unspecified atom stereocenters. The number of aliphatic imine (C=N–C) groups is 1. The highest BCUT2D eigenvalue weighted by molar-refractivity contribution is 6.05. The van der Waals surface area contributed by atoms with E-state index in [9.17, 15) is 4.79 Å². The van der Waals surface area contributed by atoms with Gasteiger partial charge in [0.2, 0.25) is 0 Å². The first-order chi connectivity index (χ1) is 9.86. The van der Waals surface area contributed by atoms with Crippen LogP contribution in [-0.4, -0.2) is 51.4 Å². The molecule has 0 bridgehead atoms. The second kappa shape index (κ2) is 8.29. The number of hydrogen-bond donors (Lipinski definition) is 2. The first-order valence-corrected chi connectivity index (χ1v) is 6.66. The summed E-state index contributed by atoms with van der Waals surface area (Å²) in [4.78, 5) is 16.3. The Morgan fingerprint density at radius 1 is 1.10 bits per heavy atom. The van der Waals surface area contributed by atoms with Crippen LogP contribution in [0.25, 0.3) is 0 Å². The van der Waals surface area contributed by atoms with Gasteiger partial charge >= 0.3 is 0 Å². The summed E-state index contributed by atoms with van der Waals surface area (Å²) >= 11 is 0. The highest BCUT2D eigenvalue weighted by Gasteiger charge is 2.08. The van der Waals surface area contributed by atoms with E-state index in [2.05, 4.69) is 15.6 Å². The van der Waals surface area contributed by atoms with Gasteiger partial charge in [0, 0.05) is 12.1 Å². The molecule has 1 aromatic rings. The molecule has 0 aromatic heterocycles. The van der Waals surface area contributed by atoms with E-state index < -0.39 is 0 Å². The maximum absolute atomic E-state index is 12.0. The Labute approximate surface area is 118 Å². The number of carbonyl (C=O) groups is 1. The lowest BCUT2D eigenvalue weighted by Gasteiger charge is -2.11. The normalized spacial score (nSPS) is 17.3. The van der Waals surface area contributed by atoms with Gasteiger partial charge in [-0.25, -0.2) is 0 Å². The second-order valence-electron chi connectivity index (χ2n) is 4.20. The highest BCUT2D eigenvalue weighted by atomic mass is 16.5. The minimum absolute atomic E-state index is 0.187. The van der Waals surface area contributed by atoms with Gasteiger partial charge in [0.1, 0.15) is 0 Å². The van der Waals surface area contributed by atoms with Crippen LogP contribution in [0, 0.1) is 0 Å². The predicted molar refractivity (Wildman–Crippen MR) is 75.9 cm³/mol. The van der Waals surface area contributed by atoms with Gasteiger partial charge in [-0.3, -0.25) is 15.1 Å². The van der Waals surface area contributed by atoms with Crippen molar-refractivity contribution in [2.24, 2.45) is 4.99 Å². The minimum atomic E-state index is -0.187. The fourth-order valence-electron chi connectivity index (χ4n) is 1.69. The Morgan fingerprint density at radius 3 is 2.65 bits per heavy atom. The third kappa shape index (κ3) is 4.99. The minimum Gasteiger partial charge on any atom is -0.377 e. The molecule has 20 heavy (non-hydrogen) atoms. The van der Waals surface area contributed by atoms with E-state index in [1.165, 1.54) is 0 Å². The summed E-state index contributed by atoms with van der Waals surface area (Å²) in [6.07, 6.45) is 0. The molecule has 2 N–H and O–H groups in total. The number of nitrogens with one attached hydrogen (secondary N) is 2. The largest absolute Gasteiger partial charge is 0.377 e. The molecular formula is C14H19N3O3. The summed E-state index contributed by atoms with van der Waals surface area (Å²) in [5, 5.41) is 5.82. The van der Waals surface area contributed by atoms with E-state index in [1.807, 2.05) is 18.2 Å². The molecule has 1 amide bonds. The Morgan fingerprint density at radius 2 is 1.85 bits per heavy atom. The standard InChI is InChI=1S/C14H19N3O3/c18-13(12-4-2-1-3-5-12)17-14-15-6-8-19-10-11-20-9-7-16-14/h1-5H,6-11H2,(H2,15,16,17,18). The van der Waals surface area contributed by atoms with Gasteiger partial charge in [0.15, 0.2) is 5.96 Å². The van der Waals surface area contributed by atoms with Crippen LogP contribution in [0.1, 0.15) is 10.4 Å². The van der Waals surface area contributed by atoms with Crippen LogP contribution >= 0.6 is 0 Å². The van der Waals surface area contributed by atoms with Crippen molar-refractivity contribution in [3.8, 4) is 0 Å². The number of hydrogen-bond acceptors (Lipinski definition) is 5. The van der Waals surface area contributed by atoms with Gasteiger partial charge in [-0.1, -0.05) is 18.2 Å². The van der Waals surface area contributed by atoms with Crippen LogP contribution in [0.3, 0.4) is 0 Å². The van der Waals surface area contributed by atoms with Crippen molar-refractivity contribution in [1.29, 1.82) is 0 Å². The molecular weight excluding hydrogens is 258 g/mol. The molecule has 108 valence electrons. The van der Waals surface area contributed by atoms with Gasteiger partial charge in [0.25, 0.3) is 5.91 Å². The monoisotopic (exact) mass is 277 g/mol. The van der Waals surface area contributed by atoms with E-state index in [1.54, 1.807) is 12.1 Å². The first-order valence-electron chi connectivity index (χ1n) is 6.66. The summed E-state index contributed by atoms with van der Waals surface area (Å²) in [5.41, 5.74) is 0.596. The third-order valence-corrected chi connectivity index (χ3v) is 2.68. The van der Waals surface area contributed by atoms with Crippen LogP contribution in [0.4, 0.5) is 0 Å². The first kappa shape index (κ1) is 14.5. The maximum atomic E-state index is 12.0. The van der Waals surface area contributed by atoms with Crippen molar-refractivity contribution in [2.75, 3.05) is 39.5 Å². The van der Waals surface area contributed by atoms with Crippen molar-refractivity contribution in [2.45, 2.75) is 0 Å². The second-order valence-corrected chi connectivity index (χ2v) is 4.20. The number of guanidine groups is 1. The summed E-state index contributed by atoms with van der Waals surface area (Å²) < 4.78 is 10.7. The highest BCUT2D eigenvalue weighted by Crippen LogP contribution is 1.97. The third-order valence-electron chi connectivity index (χ3n) is 2.68. The number of benzene rings is 1. The van der Waals surface area contributed by atoms with E-state index in [4.69, 9.17) is 9.47 Å². The number of carbonyl (C=O) groups excluding carboxylic acids is 1. The van der Waals surface area contributed by atoms with Crippen molar-refractivity contribution in [3.05, 3.63) is 35.9 Å². The van der Waals surface area contributed by atoms with Crippen LogP contribution in [-0.2, 0) is 9.47 Å². The van der Waals surface area contributed by atoms with Crippen LogP contribution in [0.2, 0.25) is 0 Å². The van der Waals surface area contributed by atoms with Crippen LogP contribution in [0.15, 0.2) is 35.3 Å². The maximum Gasteiger partial charge on any atom is 0.257 e. The zero-order chi connectivity index (χ0) is 14.0. The van der Waals surface area contributed by atoms with E-state index in [0.717, 1.165) is 0 Å². The fraction of sp³-hybridized carbons (Fsp3) is 0.429. The molecule has 2 rings (SSSR count). The van der Waals surface area contributed by atoms with Gasteiger partial charge < -0.3 is 14.8 Å². The number of ether oxygens (including phenoxy) is 2. The average molecular weight is 277 g/mol. The van der Waals surface area contributed by atoms with Crippen molar-refractivity contribution < 1.29 is 14.3 Å².